The van der Waals surface area contributed by atoms with Gasteiger partial charge < -0.3 is 13.6 Å². The standard InChI is InChI=1S/C60H36N2OS/c1-5-13-53-45(9-1)47-29-21-41(35-55(47)61(53)43-25-17-37(18-26-43)39-23-31-58-51(33-39)49-11-3-7-15-57(49)63-58)42-22-30-48-46-10-2-6-14-54(46)62(56(48)36-42)44-27-19-38(20-28-44)40-24-32-60-52(34-40)50-12-4-8-16-59(50)64-60/h1-36H. The van der Waals surface area contributed by atoms with Gasteiger partial charge in [0.2, 0.25) is 0 Å². The quantitative estimate of drug-likeness (QED) is 0.169. The van der Waals surface area contributed by atoms with Gasteiger partial charge in [0.25, 0.3) is 0 Å². The van der Waals surface area contributed by atoms with Crippen LogP contribution in [0.15, 0.2) is 223 Å². The Kier molecular flexibility index (Phi) is 7.56. The minimum Gasteiger partial charge on any atom is -0.456 e. The average molecular weight is 833 g/mol. The highest BCUT2D eigenvalue weighted by Gasteiger charge is 2.17. The molecule has 0 unspecified atom stereocenters. The van der Waals surface area contributed by atoms with Crippen LogP contribution in [-0.4, -0.2) is 9.13 Å². The highest BCUT2D eigenvalue weighted by Crippen LogP contribution is 2.41. The van der Waals surface area contributed by atoms with Crippen molar-refractivity contribution in [2.75, 3.05) is 0 Å². The SMILES string of the molecule is c1ccc2c(c1)oc1ccc(-c3ccc(-n4c5ccccc5c5ccc(-c6ccc7c8ccccc8n(-c8ccc(-c9ccc%10sc%11ccccc%11c%10c9)cc8)c7c6)cc54)cc3)cc12. The van der Waals surface area contributed by atoms with Gasteiger partial charge in [0.05, 0.1) is 22.1 Å². The summed E-state index contributed by atoms with van der Waals surface area (Å²) in [6.07, 6.45) is 0. The third kappa shape index (κ3) is 5.33. The van der Waals surface area contributed by atoms with Crippen molar-refractivity contribution in [1.29, 1.82) is 0 Å². The van der Waals surface area contributed by atoms with E-state index < -0.39 is 0 Å². The molecule has 0 radical (unpaired) electrons. The number of fused-ring (bicyclic) bond motifs is 12. The summed E-state index contributed by atoms with van der Waals surface area (Å²) in [5.74, 6) is 0. The van der Waals surface area contributed by atoms with Crippen LogP contribution in [0, 0.1) is 0 Å². The van der Waals surface area contributed by atoms with Gasteiger partial charge in [0.1, 0.15) is 11.2 Å². The molecule has 64 heavy (non-hydrogen) atoms. The zero-order valence-corrected chi connectivity index (χ0v) is 35.3. The zero-order chi connectivity index (χ0) is 41.9. The molecule has 0 amide bonds. The van der Waals surface area contributed by atoms with Gasteiger partial charge in [-0.1, -0.05) is 133 Å². The van der Waals surface area contributed by atoms with E-state index in [9.17, 15) is 0 Å². The number of furan rings is 1. The van der Waals surface area contributed by atoms with Gasteiger partial charge >= 0.3 is 0 Å². The summed E-state index contributed by atoms with van der Waals surface area (Å²) in [5, 5.41) is 9.90. The molecule has 4 heterocycles. The molecule has 0 aliphatic carbocycles. The molecule has 0 spiro atoms. The highest BCUT2D eigenvalue weighted by molar-refractivity contribution is 7.25. The highest BCUT2D eigenvalue weighted by atomic mass is 32.1. The molecule has 14 rings (SSSR count). The molecule has 3 nitrogen and oxygen atoms in total. The number of thiophene rings is 1. The van der Waals surface area contributed by atoms with Gasteiger partial charge in [-0.2, -0.15) is 0 Å². The third-order valence-corrected chi connectivity index (χ3v) is 14.5. The smallest absolute Gasteiger partial charge is 0.135 e. The fourth-order valence-electron chi connectivity index (χ4n) is 10.3. The number of para-hydroxylation sites is 3. The summed E-state index contributed by atoms with van der Waals surface area (Å²) in [4.78, 5) is 0. The van der Waals surface area contributed by atoms with Crippen molar-refractivity contribution in [2.45, 2.75) is 0 Å². The van der Waals surface area contributed by atoms with Gasteiger partial charge in [0.15, 0.2) is 0 Å². The maximum atomic E-state index is 6.13. The van der Waals surface area contributed by atoms with Crippen LogP contribution in [0.1, 0.15) is 0 Å². The van der Waals surface area contributed by atoms with Crippen LogP contribution in [0.25, 0.3) is 130 Å². The van der Waals surface area contributed by atoms with Crippen LogP contribution in [-0.2, 0) is 0 Å². The fraction of sp³-hybridized carbons (Fsp3) is 0. The molecule has 0 bridgehead atoms. The average Bonchev–Trinajstić information content (AvgIpc) is 4.11. The second-order valence-corrected chi connectivity index (χ2v) is 18.0. The Labute approximate surface area is 371 Å². The number of benzene rings is 10. The van der Waals surface area contributed by atoms with Crippen molar-refractivity contribution in [1.82, 2.24) is 9.13 Å². The molecule has 14 aromatic rings. The topological polar surface area (TPSA) is 23.0 Å². The molecule has 0 aliphatic heterocycles. The van der Waals surface area contributed by atoms with E-state index in [0.717, 1.165) is 33.3 Å². The Hall–Kier alpha value is -8.18. The van der Waals surface area contributed by atoms with E-state index in [2.05, 4.69) is 215 Å². The lowest BCUT2D eigenvalue weighted by atomic mass is 10.0. The summed E-state index contributed by atoms with van der Waals surface area (Å²) in [5.41, 5.74) is 16.0. The van der Waals surface area contributed by atoms with Gasteiger partial charge in [-0.3, -0.25) is 0 Å². The minimum absolute atomic E-state index is 0.912. The van der Waals surface area contributed by atoms with Crippen LogP contribution < -0.4 is 0 Å². The Morgan fingerprint density at radius 3 is 1.31 bits per heavy atom. The van der Waals surface area contributed by atoms with E-state index in [1.54, 1.807) is 0 Å². The number of hydrogen-bond acceptors (Lipinski definition) is 2. The summed E-state index contributed by atoms with van der Waals surface area (Å²) in [7, 11) is 0. The van der Waals surface area contributed by atoms with Gasteiger partial charge in [-0.05, 0) is 118 Å². The predicted octanol–water partition coefficient (Wildman–Crippen LogP) is 17.1. The minimum atomic E-state index is 0.912. The molecule has 4 aromatic heterocycles. The van der Waals surface area contributed by atoms with E-state index in [4.69, 9.17) is 4.42 Å². The van der Waals surface area contributed by atoms with Crippen LogP contribution >= 0.6 is 11.3 Å². The molecule has 0 N–H and O–H groups in total. The van der Waals surface area contributed by atoms with Crippen molar-refractivity contribution in [3.05, 3.63) is 218 Å². The summed E-state index contributed by atoms with van der Waals surface area (Å²) < 4.78 is 13.6. The van der Waals surface area contributed by atoms with Gasteiger partial charge in [0, 0.05) is 63.9 Å². The fourth-order valence-corrected chi connectivity index (χ4v) is 11.4. The van der Waals surface area contributed by atoms with E-state index in [-0.39, 0.29) is 0 Å². The number of nitrogens with zero attached hydrogens (tertiary/aromatic N) is 2. The molecule has 0 aliphatic rings. The van der Waals surface area contributed by atoms with Crippen LogP contribution in [0.3, 0.4) is 0 Å². The van der Waals surface area contributed by atoms with Crippen LogP contribution in [0.4, 0.5) is 0 Å². The lowest BCUT2D eigenvalue weighted by Gasteiger charge is -2.12. The molecule has 0 atom stereocenters. The summed E-state index contributed by atoms with van der Waals surface area (Å²) in [6, 6.07) is 79.9. The summed E-state index contributed by atoms with van der Waals surface area (Å²) >= 11 is 1.86. The number of hydrogen-bond donors (Lipinski definition) is 0. The second kappa shape index (κ2) is 13.7. The molecule has 0 saturated heterocycles. The van der Waals surface area contributed by atoms with E-state index in [1.165, 1.54) is 97.2 Å². The van der Waals surface area contributed by atoms with Crippen LogP contribution in [0.5, 0.6) is 0 Å². The molecular weight excluding hydrogens is 797 g/mol. The number of aromatic nitrogens is 2. The predicted molar refractivity (Wildman–Crippen MR) is 272 cm³/mol. The zero-order valence-electron chi connectivity index (χ0n) is 34.5. The molecule has 4 heteroatoms. The van der Waals surface area contributed by atoms with Gasteiger partial charge in [-0.15, -0.1) is 11.3 Å². The largest absolute Gasteiger partial charge is 0.456 e. The Bertz CT molecular complexity index is 3910. The molecular formula is C60H36N2OS. The van der Waals surface area contributed by atoms with Crippen molar-refractivity contribution in [2.24, 2.45) is 0 Å². The lowest BCUT2D eigenvalue weighted by molar-refractivity contribution is 0.669. The van der Waals surface area contributed by atoms with E-state index in [1.807, 2.05) is 23.5 Å². The maximum absolute atomic E-state index is 6.13. The third-order valence-electron chi connectivity index (χ3n) is 13.4. The Balaban J connectivity index is 0.864. The monoisotopic (exact) mass is 832 g/mol. The van der Waals surface area contributed by atoms with Gasteiger partial charge in [-0.25, -0.2) is 0 Å². The molecule has 10 aromatic carbocycles. The first-order valence-electron chi connectivity index (χ1n) is 21.8. The first kappa shape index (κ1) is 35.4. The molecule has 0 saturated carbocycles. The molecule has 0 fully saturated rings. The Morgan fingerprint density at radius 1 is 0.266 bits per heavy atom. The lowest BCUT2D eigenvalue weighted by Crippen LogP contribution is -1.95. The number of rotatable bonds is 5. The van der Waals surface area contributed by atoms with E-state index >= 15 is 0 Å². The second-order valence-electron chi connectivity index (χ2n) is 16.9. The van der Waals surface area contributed by atoms with E-state index in [0.29, 0.717) is 0 Å². The van der Waals surface area contributed by atoms with Crippen molar-refractivity contribution in [3.63, 3.8) is 0 Å². The first-order valence-corrected chi connectivity index (χ1v) is 22.6. The van der Waals surface area contributed by atoms with Crippen molar-refractivity contribution in [3.8, 4) is 44.8 Å². The first-order chi connectivity index (χ1) is 31.7. The summed E-state index contributed by atoms with van der Waals surface area (Å²) in [6.45, 7) is 0. The van der Waals surface area contributed by atoms with Crippen molar-refractivity contribution >= 4 is 97.1 Å². The Morgan fingerprint density at radius 2 is 0.688 bits per heavy atom. The molecule has 298 valence electrons. The normalized spacial score (nSPS) is 12.1. The maximum Gasteiger partial charge on any atom is 0.135 e. The van der Waals surface area contributed by atoms with Crippen molar-refractivity contribution < 1.29 is 4.42 Å². The van der Waals surface area contributed by atoms with Crippen LogP contribution in [0.2, 0.25) is 0 Å².